The minimum absolute atomic E-state index is 0.202. The first kappa shape index (κ1) is 11.1. The largest absolute Gasteiger partial charge is 0.467 e. The second kappa shape index (κ2) is 4.47. The molecular weight excluding hydrogens is 204 g/mol. The topological polar surface area (TPSA) is 75.2 Å². The monoisotopic (exact) mass is 216 g/mol. The van der Waals surface area contributed by atoms with Crippen LogP contribution in [0.5, 0.6) is 0 Å². The molecule has 78 valence electrons. The number of methoxy groups -OCH3 is 1. The van der Waals surface area contributed by atoms with Gasteiger partial charge in [0.05, 0.1) is 7.11 Å². The van der Waals surface area contributed by atoms with Gasteiger partial charge < -0.3 is 14.8 Å². The maximum Gasteiger partial charge on any atom is 0.338 e. The van der Waals surface area contributed by atoms with Crippen molar-refractivity contribution in [3.8, 4) is 0 Å². The summed E-state index contributed by atoms with van der Waals surface area (Å²) in [6, 6.07) is 0. The van der Waals surface area contributed by atoms with Gasteiger partial charge in [0.1, 0.15) is 0 Å². The minimum atomic E-state index is -1.48. The Morgan fingerprint density at radius 2 is 2.57 bits per heavy atom. The molecule has 0 aliphatic rings. The summed E-state index contributed by atoms with van der Waals surface area (Å²) >= 11 is 1.26. The number of carbonyl (C=O) groups excluding carboxylic acids is 1. The third-order valence-electron chi connectivity index (χ3n) is 1.59. The standard InChI is InChI=1S/C8H12N2O3S/c1-8(12,6(11)13-2)5-14-7-9-3-4-10-7/h3-4,12H,5H2,1-2H3,(H,9,10). The number of carbonyl (C=O) groups is 1. The number of nitrogens with zero attached hydrogens (tertiary/aromatic N) is 1. The number of aromatic nitrogens is 2. The van der Waals surface area contributed by atoms with E-state index in [0.717, 1.165) is 0 Å². The molecule has 0 aliphatic carbocycles. The third kappa shape index (κ3) is 2.74. The van der Waals surface area contributed by atoms with Crippen molar-refractivity contribution in [1.82, 2.24) is 9.97 Å². The van der Waals surface area contributed by atoms with Crippen LogP contribution in [0.4, 0.5) is 0 Å². The summed E-state index contributed by atoms with van der Waals surface area (Å²) in [5.41, 5.74) is -1.48. The van der Waals surface area contributed by atoms with E-state index in [4.69, 9.17) is 0 Å². The molecule has 0 fully saturated rings. The second-order valence-electron chi connectivity index (χ2n) is 2.95. The summed E-state index contributed by atoms with van der Waals surface area (Å²) in [5.74, 6) is -0.441. The SMILES string of the molecule is COC(=O)C(C)(O)CSc1ncc[nH]1. The van der Waals surface area contributed by atoms with E-state index >= 15 is 0 Å². The molecule has 0 saturated carbocycles. The Bertz CT molecular complexity index is 298. The van der Waals surface area contributed by atoms with Gasteiger partial charge in [0, 0.05) is 18.1 Å². The summed E-state index contributed by atoms with van der Waals surface area (Å²) < 4.78 is 4.45. The molecule has 1 rings (SSSR count). The molecule has 2 N–H and O–H groups in total. The second-order valence-corrected chi connectivity index (χ2v) is 3.91. The molecule has 6 heteroatoms. The number of ether oxygens (including phenoxy) is 1. The number of thioether (sulfide) groups is 1. The van der Waals surface area contributed by atoms with Crippen molar-refractivity contribution in [3.63, 3.8) is 0 Å². The van der Waals surface area contributed by atoms with Crippen LogP contribution in [0.15, 0.2) is 17.6 Å². The lowest BCUT2D eigenvalue weighted by atomic mass is 10.1. The number of aliphatic hydroxyl groups is 1. The van der Waals surface area contributed by atoms with Crippen molar-refractivity contribution < 1.29 is 14.6 Å². The smallest absolute Gasteiger partial charge is 0.338 e. The number of H-pyrrole nitrogens is 1. The van der Waals surface area contributed by atoms with Crippen LogP contribution < -0.4 is 0 Å². The van der Waals surface area contributed by atoms with E-state index in [0.29, 0.717) is 5.16 Å². The van der Waals surface area contributed by atoms with Crippen molar-refractivity contribution in [2.24, 2.45) is 0 Å². The molecule has 5 nitrogen and oxygen atoms in total. The fraction of sp³-hybridized carbons (Fsp3) is 0.500. The molecule has 14 heavy (non-hydrogen) atoms. The predicted molar refractivity (Wildman–Crippen MR) is 52.0 cm³/mol. The van der Waals surface area contributed by atoms with Crippen molar-refractivity contribution >= 4 is 17.7 Å². The van der Waals surface area contributed by atoms with Gasteiger partial charge in [-0.05, 0) is 6.92 Å². The first-order chi connectivity index (χ1) is 6.56. The van der Waals surface area contributed by atoms with Gasteiger partial charge in [0.2, 0.25) is 0 Å². The number of rotatable bonds is 4. The highest BCUT2D eigenvalue weighted by Crippen LogP contribution is 2.19. The van der Waals surface area contributed by atoms with Gasteiger partial charge in [0.25, 0.3) is 0 Å². The van der Waals surface area contributed by atoms with Crippen LogP contribution in [0, 0.1) is 0 Å². The van der Waals surface area contributed by atoms with Crippen molar-refractivity contribution in [3.05, 3.63) is 12.4 Å². The molecule has 1 unspecified atom stereocenters. The van der Waals surface area contributed by atoms with Crippen molar-refractivity contribution in [2.75, 3.05) is 12.9 Å². The number of esters is 1. The molecule has 0 aromatic carbocycles. The molecule has 1 atom stereocenters. The number of imidazole rings is 1. The first-order valence-corrected chi connectivity index (χ1v) is 4.98. The van der Waals surface area contributed by atoms with Gasteiger partial charge >= 0.3 is 5.97 Å². The highest BCUT2D eigenvalue weighted by molar-refractivity contribution is 7.99. The lowest BCUT2D eigenvalue weighted by molar-refractivity contribution is -0.158. The highest BCUT2D eigenvalue weighted by Gasteiger charge is 2.31. The quantitative estimate of drug-likeness (QED) is 0.563. The fourth-order valence-corrected chi connectivity index (χ4v) is 1.64. The highest BCUT2D eigenvalue weighted by atomic mass is 32.2. The Balaban J connectivity index is 2.48. The zero-order valence-electron chi connectivity index (χ0n) is 7.98. The van der Waals surface area contributed by atoms with Gasteiger partial charge in [-0.25, -0.2) is 9.78 Å². The number of aromatic amines is 1. The van der Waals surface area contributed by atoms with Crippen LogP contribution >= 0.6 is 11.8 Å². The lowest BCUT2D eigenvalue weighted by Crippen LogP contribution is -2.38. The average molecular weight is 216 g/mol. The Morgan fingerprint density at radius 1 is 1.86 bits per heavy atom. The zero-order valence-corrected chi connectivity index (χ0v) is 8.80. The number of nitrogens with one attached hydrogen (secondary N) is 1. The van der Waals surface area contributed by atoms with Crippen LogP contribution in [0.25, 0.3) is 0 Å². The normalized spacial score (nSPS) is 14.8. The summed E-state index contributed by atoms with van der Waals surface area (Å²) in [6.45, 7) is 1.41. The van der Waals surface area contributed by atoms with Gasteiger partial charge in [-0.3, -0.25) is 0 Å². The van der Waals surface area contributed by atoms with Crippen LogP contribution in [0.1, 0.15) is 6.92 Å². The van der Waals surface area contributed by atoms with Gasteiger partial charge in [-0.1, -0.05) is 11.8 Å². The Morgan fingerprint density at radius 3 is 3.07 bits per heavy atom. The van der Waals surface area contributed by atoms with E-state index in [9.17, 15) is 9.90 Å². The van der Waals surface area contributed by atoms with E-state index in [2.05, 4.69) is 14.7 Å². The Kier molecular flexibility index (Phi) is 3.54. The summed E-state index contributed by atoms with van der Waals surface area (Å²) in [4.78, 5) is 17.9. The van der Waals surface area contributed by atoms with Crippen LogP contribution in [0.2, 0.25) is 0 Å². The molecule has 0 saturated heterocycles. The van der Waals surface area contributed by atoms with Crippen molar-refractivity contribution in [2.45, 2.75) is 17.7 Å². The maximum absolute atomic E-state index is 11.1. The Labute approximate surface area is 85.9 Å². The lowest BCUT2D eigenvalue weighted by Gasteiger charge is -2.18. The van der Waals surface area contributed by atoms with E-state index in [1.165, 1.54) is 25.8 Å². The molecule has 1 heterocycles. The first-order valence-electron chi connectivity index (χ1n) is 3.99. The van der Waals surface area contributed by atoms with Gasteiger partial charge in [-0.2, -0.15) is 0 Å². The molecule has 0 spiro atoms. The number of hydrogen-bond acceptors (Lipinski definition) is 5. The molecule has 0 aliphatic heterocycles. The van der Waals surface area contributed by atoms with Crippen LogP contribution in [-0.4, -0.2) is 39.5 Å². The fourth-order valence-electron chi connectivity index (χ4n) is 0.817. The molecule has 1 aromatic rings. The molecule has 0 bridgehead atoms. The third-order valence-corrected chi connectivity index (χ3v) is 2.79. The summed E-state index contributed by atoms with van der Waals surface area (Å²) in [6.07, 6.45) is 3.28. The summed E-state index contributed by atoms with van der Waals surface area (Å²) in [5, 5.41) is 10.3. The zero-order chi connectivity index (χ0) is 10.6. The van der Waals surface area contributed by atoms with E-state index in [-0.39, 0.29) is 5.75 Å². The van der Waals surface area contributed by atoms with Gasteiger partial charge in [0.15, 0.2) is 10.8 Å². The van der Waals surface area contributed by atoms with Crippen LogP contribution in [0.3, 0.4) is 0 Å². The van der Waals surface area contributed by atoms with Crippen molar-refractivity contribution in [1.29, 1.82) is 0 Å². The average Bonchev–Trinajstić information content (AvgIpc) is 2.66. The van der Waals surface area contributed by atoms with Gasteiger partial charge in [-0.15, -0.1) is 0 Å². The van der Waals surface area contributed by atoms with E-state index in [1.54, 1.807) is 12.4 Å². The number of hydrogen-bond donors (Lipinski definition) is 2. The molecule has 0 amide bonds. The maximum atomic E-state index is 11.1. The predicted octanol–water partition coefficient (Wildman–Crippen LogP) is 0.426. The Hall–Kier alpha value is -1.01. The molecule has 0 radical (unpaired) electrons. The van der Waals surface area contributed by atoms with Crippen LogP contribution in [-0.2, 0) is 9.53 Å². The van der Waals surface area contributed by atoms with E-state index < -0.39 is 11.6 Å². The molecule has 1 aromatic heterocycles. The summed E-state index contributed by atoms with van der Waals surface area (Å²) in [7, 11) is 1.24. The molecular formula is C8H12N2O3S. The van der Waals surface area contributed by atoms with E-state index in [1.807, 2.05) is 0 Å². The minimum Gasteiger partial charge on any atom is -0.467 e.